The number of aliphatic hydroxyl groups excluding tert-OH is 1. The van der Waals surface area contributed by atoms with Gasteiger partial charge in [-0.15, -0.1) is 0 Å². The molecule has 49 heavy (non-hydrogen) atoms. The molecule has 11 heteroatoms. The predicted octanol–water partition coefficient (Wildman–Crippen LogP) is 5.69. The first kappa shape index (κ1) is 36.4. The Kier molecular flexibility index (Phi) is 11.7. The second-order valence-corrected chi connectivity index (χ2v) is 15.0. The third-order valence-electron chi connectivity index (χ3n) is 9.97. The molecule has 2 aliphatic heterocycles. The van der Waals surface area contributed by atoms with Gasteiger partial charge in [-0.05, 0) is 68.0 Å². The number of anilines is 1. The molecule has 0 spiro atoms. The van der Waals surface area contributed by atoms with E-state index in [0.717, 1.165) is 43.0 Å². The second kappa shape index (κ2) is 15.8. The van der Waals surface area contributed by atoms with Crippen molar-refractivity contribution in [2.45, 2.75) is 51.9 Å². The molecule has 2 heterocycles. The minimum Gasteiger partial charge on any atom is -0.493 e. The number of amides is 1. The van der Waals surface area contributed by atoms with Gasteiger partial charge in [-0.3, -0.25) is 9.69 Å². The van der Waals surface area contributed by atoms with Gasteiger partial charge in [-0.1, -0.05) is 61.5 Å². The fourth-order valence-corrected chi connectivity index (χ4v) is 8.38. The number of nitrogens with zero attached hydrogens (tertiary/aromatic N) is 3. The van der Waals surface area contributed by atoms with E-state index in [1.54, 1.807) is 26.4 Å². The van der Waals surface area contributed by atoms with Crippen LogP contribution in [0, 0.1) is 5.92 Å². The third kappa shape index (κ3) is 8.12. The molecule has 2 aliphatic rings. The van der Waals surface area contributed by atoms with Gasteiger partial charge in [0, 0.05) is 55.6 Å². The summed E-state index contributed by atoms with van der Waals surface area (Å²) in [5.41, 5.74) is 4.79. The molecule has 264 valence electrons. The molecular formula is C38H50N4O6S. The van der Waals surface area contributed by atoms with Gasteiger partial charge in [0.1, 0.15) is 0 Å². The Bertz CT molecular complexity index is 1730. The second-order valence-electron chi connectivity index (χ2n) is 13.1. The number of carbonyl (C=O) groups is 1. The Morgan fingerprint density at radius 2 is 1.65 bits per heavy atom. The van der Waals surface area contributed by atoms with Gasteiger partial charge in [-0.25, -0.2) is 13.1 Å². The number of hydrogen-bond acceptors (Lipinski definition) is 8. The Morgan fingerprint density at radius 3 is 2.31 bits per heavy atom. The van der Waals surface area contributed by atoms with Crippen molar-refractivity contribution in [1.29, 1.82) is 0 Å². The fraction of sp³-hybridized carbons (Fsp3) is 0.447. The summed E-state index contributed by atoms with van der Waals surface area (Å²) in [5.74, 6) is 0.571. The maximum Gasteiger partial charge on any atom is 0.257 e. The van der Waals surface area contributed by atoms with Crippen molar-refractivity contribution in [3.63, 3.8) is 0 Å². The highest BCUT2D eigenvalue weighted by Crippen LogP contribution is 2.45. The molecule has 1 fully saturated rings. The molecule has 3 aromatic rings. The Balaban J connectivity index is 1.37. The molecule has 10 nitrogen and oxygen atoms in total. The molecule has 1 amide bonds. The number of benzene rings is 3. The van der Waals surface area contributed by atoms with E-state index in [9.17, 15) is 18.3 Å². The Morgan fingerprint density at radius 1 is 0.959 bits per heavy atom. The van der Waals surface area contributed by atoms with E-state index in [0.29, 0.717) is 35.5 Å². The summed E-state index contributed by atoms with van der Waals surface area (Å²) in [6.07, 6.45) is -0.358. The highest BCUT2D eigenvalue weighted by Gasteiger charge is 2.43. The molecule has 0 aromatic heterocycles. The SMILES string of the molecule is C=C(C)C(C)CS(=O)(=O)NCCCC(c1ccc(OC)c(OC)c1)N1C(=O)c2cccc(N3CCN([C@H](C)c4ccccc4)CC3)c2C1O. The molecule has 0 bridgehead atoms. The number of piperazine rings is 1. The van der Waals surface area contributed by atoms with Crippen molar-refractivity contribution in [3.05, 3.63) is 101 Å². The highest BCUT2D eigenvalue weighted by atomic mass is 32.2. The van der Waals surface area contributed by atoms with Gasteiger partial charge in [-0.2, -0.15) is 0 Å². The highest BCUT2D eigenvalue weighted by molar-refractivity contribution is 7.89. The topological polar surface area (TPSA) is 112 Å². The van der Waals surface area contributed by atoms with Crippen LogP contribution in [-0.2, 0) is 10.0 Å². The average Bonchev–Trinajstić information content (AvgIpc) is 3.36. The average molecular weight is 691 g/mol. The van der Waals surface area contributed by atoms with Gasteiger partial charge in [0.2, 0.25) is 10.0 Å². The van der Waals surface area contributed by atoms with Crippen LogP contribution in [0.25, 0.3) is 0 Å². The lowest BCUT2D eigenvalue weighted by atomic mass is 9.99. The third-order valence-corrected chi connectivity index (χ3v) is 11.6. The van der Waals surface area contributed by atoms with Crippen LogP contribution in [0.2, 0.25) is 0 Å². The standard InChI is InChI=1S/C38H50N4O6S/c1-26(2)27(3)25-49(45,46)39-19-11-16-32(30-17-18-34(47-5)35(24-30)48-6)42-37(43)31-14-10-15-33(36(31)38(42)44)41-22-20-40(21-23-41)28(4)29-12-8-7-9-13-29/h7-10,12-15,17-18,24,27-28,32,38-39,44H,1,11,16,19-23,25H2,2-6H3/t27?,28-,32?,38?/m1/s1. The van der Waals surface area contributed by atoms with E-state index in [4.69, 9.17) is 9.47 Å². The van der Waals surface area contributed by atoms with Gasteiger partial charge >= 0.3 is 0 Å². The van der Waals surface area contributed by atoms with Crippen molar-refractivity contribution < 1.29 is 27.8 Å². The first-order chi connectivity index (χ1) is 23.5. The van der Waals surface area contributed by atoms with E-state index in [2.05, 4.69) is 52.3 Å². The normalized spacial score (nSPS) is 18.6. The number of ether oxygens (including phenoxy) is 2. The lowest BCUT2D eigenvalue weighted by Gasteiger charge is -2.40. The minimum absolute atomic E-state index is 0.0394. The van der Waals surface area contributed by atoms with Crippen LogP contribution < -0.4 is 19.1 Å². The molecular weight excluding hydrogens is 641 g/mol. The number of sulfonamides is 1. The van der Waals surface area contributed by atoms with Gasteiger partial charge in [0.15, 0.2) is 17.7 Å². The molecule has 5 rings (SSSR count). The lowest BCUT2D eigenvalue weighted by molar-refractivity contribution is -0.00596. The van der Waals surface area contributed by atoms with Crippen LogP contribution in [0.3, 0.4) is 0 Å². The minimum atomic E-state index is -3.52. The van der Waals surface area contributed by atoms with Crippen LogP contribution >= 0.6 is 0 Å². The van der Waals surface area contributed by atoms with Gasteiger partial charge in [0.05, 0.1) is 26.0 Å². The van der Waals surface area contributed by atoms with Crippen LogP contribution in [0.4, 0.5) is 5.69 Å². The first-order valence-electron chi connectivity index (χ1n) is 17.0. The number of allylic oxidation sites excluding steroid dienone is 1. The van der Waals surface area contributed by atoms with E-state index >= 15 is 0 Å². The van der Waals surface area contributed by atoms with Crippen molar-refractivity contribution in [2.75, 3.05) is 57.6 Å². The Labute approximate surface area is 291 Å². The van der Waals surface area contributed by atoms with E-state index in [1.807, 2.05) is 44.2 Å². The lowest BCUT2D eigenvalue weighted by Crippen LogP contribution is -2.47. The molecule has 3 unspecified atom stereocenters. The summed E-state index contributed by atoms with van der Waals surface area (Å²) in [4.78, 5) is 20.4. The summed E-state index contributed by atoms with van der Waals surface area (Å²) >= 11 is 0. The van der Waals surface area contributed by atoms with E-state index < -0.39 is 22.3 Å². The number of hydrogen-bond donors (Lipinski definition) is 2. The summed E-state index contributed by atoms with van der Waals surface area (Å²) in [6, 6.07) is 21.3. The quantitative estimate of drug-likeness (QED) is 0.155. The monoisotopic (exact) mass is 690 g/mol. The summed E-state index contributed by atoms with van der Waals surface area (Å²) in [7, 11) is -0.411. The smallest absolute Gasteiger partial charge is 0.257 e. The Hall–Kier alpha value is -3.90. The van der Waals surface area contributed by atoms with Crippen molar-refractivity contribution in [1.82, 2.24) is 14.5 Å². The van der Waals surface area contributed by atoms with E-state index in [1.165, 1.54) is 10.5 Å². The molecule has 1 saturated heterocycles. The van der Waals surface area contributed by atoms with Crippen molar-refractivity contribution >= 4 is 21.6 Å². The number of carbonyl (C=O) groups excluding carboxylic acids is 1. The maximum absolute atomic E-state index is 14.2. The summed E-state index contributed by atoms with van der Waals surface area (Å²) in [6.45, 7) is 13.2. The van der Waals surface area contributed by atoms with Crippen molar-refractivity contribution in [3.8, 4) is 11.5 Å². The van der Waals surface area contributed by atoms with E-state index in [-0.39, 0.29) is 30.2 Å². The molecule has 3 aromatic carbocycles. The first-order valence-corrected chi connectivity index (χ1v) is 18.6. The fourth-order valence-electron chi connectivity index (χ4n) is 6.86. The zero-order valence-electron chi connectivity index (χ0n) is 29.3. The summed E-state index contributed by atoms with van der Waals surface area (Å²) in [5, 5.41) is 12.0. The summed E-state index contributed by atoms with van der Waals surface area (Å²) < 4.78 is 39.2. The number of methoxy groups -OCH3 is 2. The number of aliphatic hydroxyl groups is 1. The van der Waals surface area contributed by atoms with Crippen LogP contribution in [0.5, 0.6) is 11.5 Å². The molecule has 0 radical (unpaired) electrons. The molecule has 2 N–H and O–H groups in total. The van der Waals surface area contributed by atoms with Crippen LogP contribution in [0.1, 0.15) is 79.0 Å². The molecule has 0 saturated carbocycles. The molecule has 4 atom stereocenters. The van der Waals surface area contributed by atoms with Gasteiger partial charge in [0.25, 0.3) is 5.91 Å². The zero-order chi connectivity index (χ0) is 35.3. The maximum atomic E-state index is 14.2. The van der Waals surface area contributed by atoms with Crippen molar-refractivity contribution in [2.24, 2.45) is 5.92 Å². The largest absolute Gasteiger partial charge is 0.493 e. The van der Waals surface area contributed by atoms with Crippen LogP contribution in [-0.4, -0.2) is 81.9 Å². The number of fused-ring (bicyclic) bond motifs is 1. The van der Waals surface area contributed by atoms with Gasteiger partial charge < -0.3 is 24.4 Å². The zero-order valence-corrected chi connectivity index (χ0v) is 30.1. The van der Waals surface area contributed by atoms with Crippen LogP contribution in [0.15, 0.2) is 78.9 Å². The predicted molar refractivity (Wildman–Crippen MR) is 194 cm³/mol. The number of rotatable bonds is 15. The molecule has 0 aliphatic carbocycles. The number of nitrogens with one attached hydrogen (secondary N) is 1.